The number of hydrogen-bond donors (Lipinski definition) is 1. The minimum atomic E-state index is 0.0779. The van der Waals surface area contributed by atoms with Gasteiger partial charge >= 0.3 is 0 Å². The molecule has 6 heteroatoms. The highest BCUT2D eigenvalue weighted by atomic mass is 35.5. The quantitative estimate of drug-likeness (QED) is 0.770. The van der Waals surface area contributed by atoms with Gasteiger partial charge in [0.25, 0.3) is 0 Å². The Morgan fingerprint density at radius 3 is 2.71 bits per heavy atom. The SMILES string of the molecule is CCc1cnc(C(C)Nc2nnc(Cl)c3ccccc23)s1. The summed E-state index contributed by atoms with van der Waals surface area (Å²) in [6.07, 6.45) is 2.94. The van der Waals surface area contributed by atoms with Crippen molar-refractivity contribution < 1.29 is 0 Å². The molecule has 0 aliphatic rings. The fraction of sp³-hybridized carbons (Fsp3) is 0.267. The van der Waals surface area contributed by atoms with Crippen molar-refractivity contribution in [3.05, 3.63) is 45.5 Å². The molecule has 2 aromatic heterocycles. The second-order valence-corrected chi connectivity index (χ2v) is 6.27. The van der Waals surface area contributed by atoms with E-state index >= 15 is 0 Å². The van der Waals surface area contributed by atoms with Crippen LogP contribution >= 0.6 is 22.9 Å². The summed E-state index contributed by atoms with van der Waals surface area (Å²) < 4.78 is 0. The zero-order chi connectivity index (χ0) is 14.8. The average molecular weight is 319 g/mol. The maximum atomic E-state index is 6.09. The van der Waals surface area contributed by atoms with Gasteiger partial charge in [0.05, 0.1) is 6.04 Å². The van der Waals surface area contributed by atoms with Crippen molar-refractivity contribution in [1.29, 1.82) is 0 Å². The number of nitrogens with one attached hydrogen (secondary N) is 1. The Bertz CT molecular complexity index is 771. The van der Waals surface area contributed by atoms with Gasteiger partial charge in [0.2, 0.25) is 0 Å². The minimum Gasteiger partial charge on any atom is -0.359 e. The van der Waals surface area contributed by atoms with Crippen molar-refractivity contribution in [2.75, 3.05) is 5.32 Å². The smallest absolute Gasteiger partial charge is 0.159 e. The molecule has 108 valence electrons. The number of rotatable bonds is 4. The van der Waals surface area contributed by atoms with Gasteiger partial charge in [-0.05, 0) is 13.3 Å². The molecule has 0 radical (unpaired) electrons. The largest absolute Gasteiger partial charge is 0.359 e. The highest BCUT2D eigenvalue weighted by molar-refractivity contribution is 7.11. The summed E-state index contributed by atoms with van der Waals surface area (Å²) in [5, 5.41) is 14.9. The molecule has 2 heterocycles. The molecule has 1 atom stereocenters. The molecule has 1 aromatic carbocycles. The van der Waals surface area contributed by atoms with Crippen molar-refractivity contribution in [2.45, 2.75) is 26.3 Å². The van der Waals surface area contributed by atoms with Crippen LogP contribution in [0.5, 0.6) is 0 Å². The molecule has 1 unspecified atom stereocenters. The molecule has 0 fully saturated rings. The maximum absolute atomic E-state index is 6.09. The van der Waals surface area contributed by atoms with E-state index in [1.54, 1.807) is 11.3 Å². The molecule has 1 N–H and O–H groups in total. The normalized spacial score (nSPS) is 12.5. The third-order valence-electron chi connectivity index (χ3n) is 3.29. The molecule has 0 aliphatic heterocycles. The Kier molecular flexibility index (Phi) is 4.03. The number of anilines is 1. The predicted molar refractivity (Wildman–Crippen MR) is 88.1 cm³/mol. The summed E-state index contributed by atoms with van der Waals surface area (Å²) in [6, 6.07) is 7.92. The van der Waals surface area contributed by atoms with Crippen molar-refractivity contribution in [3.8, 4) is 0 Å². The Balaban J connectivity index is 1.92. The molecule has 0 saturated carbocycles. The van der Waals surface area contributed by atoms with Crippen LogP contribution in [0.3, 0.4) is 0 Å². The van der Waals surface area contributed by atoms with Gasteiger partial charge in [-0.3, -0.25) is 0 Å². The third-order valence-corrected chi connectivity index (χ3v) is 4.89. The fourth-order valence-electron chi connectivity index (χ4n) is 2.13. The van der Waals surface area contributed by atoms with Crippen LogP contribution in [0, 0.1) is 0 Å². The summed E-state index contributed by atoms with van der Waals surface area (Å²) in [5.74, 6) is 0.732. The van der Waals surface area contributed by atoms with Crippen LogP contribution in [0.25, 0.3) is 10.8 Å². The number of thiazole rings is 1. The van der Waals surface area contributed by atoms with Gasteiger partial charge in [0.1, 0.15) is 5.01 Å². The Hall–Kier alpha value is -1.72. The maximum Gasteiger partial charge on any atom is 0.159 e. The van der Waals surface area contributed by atoms with E-state index in [2.05, 4.69) is 34.3 Å². The van der Waals surface area contributed by atoms with Crippen LogP contribution in [-0.4, -0.2) is 15.2 Å². The predicted octanol–water partition coefficient (Wildman–Crippen LogP) is 4.48. The number of benzene rings is 1. The van der Waals surface area contributed by atoms with E-state index in [1.807, 2.05) is 30.5 Å². The summed E-state index contributed by atoms with van der Waals surface area (Å²) in [4.78, 5) is 5.75. The molecular formula is C15H15ClN4S. The van der Waals surface area contributed by atoms with E-state index < -0.39 is 0 Å². The summed E-state index contributed by atoms with van der Waals surface area (Å²) in [6.45, 7) is 4.21. The molecule has 0 amide bonds. The van der Waals surface area contributed by atoms with Gasteiger partial charge in [0.15, 0.2) is 11.0 Å². The zero-order valence-corrected chi connectivity index (χ0v) is 13.4. The second kappa shape index (κ2) is 5.95. The van der Waals surface area contributed by atoms with Crippen LogP contribution in [0.1, 0.15) is 29.8 Å². The van der Waals surface area contributed by atoms with Crippen LogP contribution in [0.15, 0.2) is 30.5 Å². The topological polar surface area (TPSA) is 50.7 Å². The number of aromatic nitrogens is 3. The van der Waals surface area contributed by atoms with E-state index in [-0.39, 0.29) is 6.04 Å². The molecule has 0 aliphatic carbocycles. The molecule has 0 spiro atoms. The van der Waals surface area contributed by atoms with E-state index in [9.17, 15) is 0 Å². The summed E-state index contributed by atoms with van der Waals surface area (Å²) in [5.41, 5.74) is 0. The fourth-order valence-corrected chi connectivity index (χ4v) is 3.19. The zero-order valence-electron chi connectivity index (χ0n) is 11.8. The second-order valence-electron chi connectivity index (χ2n) is 4.77. The lowest BCUT2D eigenvalue weighted by Crippen LogP contribution is -2.08. The van der Waals surface area contributed by atoms with Gasteiger partial charge in [0, 0.05) is 21.8 Å². The molecule has 3 rings (SSSR count). The lowest BCUT2D eigenvalue weighted by atomic mass is 10.2. The van der Waals surface area contributed by atoms with Crippen molar-refractivity contribution in [1.82, 2.24) is 15.2 Å². The van der Waals surface area contributed by atoms with Crippen molar-refractivity contribution >= 4 is 39.5 Å². The van der Waals surface area contributed by atoms with Crippen LogP contribution in [0.2, 0.25) is 5.15 Å². The first-order valence-electron chi connectivity index (χ1n) is 6.81. The standard InChI is InChI=1S/C15H15ClN4S/c1-3-10-8-17-15(21-10)9(2)18-14-12-7-5-4-6-11(12)13(16)19-20-14/h4-9H,3H2,1-2H3,(H,18,20). The number of hydrogen-bond acceptors (Lipinski definition) is 5. The number of halogens is 1. The number of nitrogens with zero attached hydrogens (tertiary/aromatic N) is 3. The molecule has 3 aromatic rings. The highest BCUT2D eigenvalue weighted by Crippen LogP contribution is 2.29. The number of fused-ring (bicyclic) bond motifs is 1. The molecular weight excluding hydrogens is 304 g/mol. The number of aryl methyl sites for hydroxylation is 1. The Morgan fingerprint density at radius 2 is 2.00 bits per heavy atom. The Morgan fingerprint density at radius 1 is 1.24 bits per heavy atom. The first kappa shape index (κ1) is 14.2. The van der Waals surface area contributed by atoms with E-state index in [0.29, 0.717) is 5.15 Å². The van der Waals surface area contributed by atoms with Gasteiger partial charge in [-0.2, -0.15) is 0 Å². The average Bonchev–Trinajstić information content (AvgIpc) is 2.99. The lowest BCUT2D eigenvalue weighted by molar-refractivity contribution is 0.853. The monoisotopic (exact) mass is 318 g/mol. The van der Waals surface area contributed by atoms with Crippen LogP contribution in [0.4, 0.5) is 5.82 Å². The first-order chi connectivity index (χ1) is 10.2. The van der Waals surface area contributed by atoms with Crippen molar-refractivity contribution in [2.24, 2.45) is 0 Å². The van der Waals surface area contributed by atoms with Crippen molar-refractivity contribution in [3.63, 3.8) is 0 Å². The highest BCUT2D eigenvalue weighted by Gasteiger charge is 2.13. The van der Waals surface area contributed by atoms with Crippen LogP contribution in [-0.2, 0) is 6.42 Å². The summed E-state index contributed by atoms with van der Waals surface area (Å²) >= 11 is 7.81. The van der Waals surface area contributed by atoms with Gasteiger partial charge in [-0.15, -0.1) is 21.5 Å². The molecule has 21 heavy (non-hydrogen) atoms. The minimum absolute atomic E-state index is 0.0779. The molecule has 4 nitrogen and oxygen atoms in total. The van der Waals surface area contributed by atoms with E-state index in [4.69, 9.17) is 11.6 Å². The lowest BCUT2D eigenvalue weighted by Gasteiger charge is -2.13. The van der Waals surface area contributed by atoms with Gasteiger partial charge in [-0.1, -0.05) is 42.8 Å². The van der Waals surface area contributed by atoms with Crippen LogP contribution < -0.4 is 5.32 Å². The molecule has 0 bridgehead atoms. The first-order valence-corrected chi connectivity index (χ1v) is 8.00. The Labute approximate surface area is 132 Å². The van der Waals surface area contributed by atoms with Gasteiger partial charge < -0.3 is 5.32 Å². The summed E-state index contributed by atoms with van der Waals surface area (Å²) in [7, 11) is 0. The third kappa shape index (κ3) is 2.84. The van der Waals surface area contributed by atoms with Gasteiger partial charge in [-0.25, -0.2) is 4.98 Å². The van der Waals surface area contributed by atoms with E-state index in [0.717, 1.165) is 28.0 Å². The van der Waals surface area contributed by atoms with E-state index in [1.165, 1.54) is 4.88 Å². The molecule has 0 saturated heterocycles.